The Balaban J connectivity index is 1.95. The van der Waals surface area contributed by atoms with Gasteiger partial charge in [-0.2, -0.15) is 4.98 Å². The number of carboxylic acids is 1. The number of pyridine rings is 1. The van der Waals surface area contributed by atoms with Gasteiger partial charge >= 0.3 is 5.97 Å². The minimum atomic E-state index is -0.983. The second-order valence-corrected chi connectivity index (χ2v) is 4.43. The number of aryl methyl sites for hydroxylation is 1. The number of thioether (sulfide) groups is 1. The van der Waals surface area contributed by atoms with Gasteiger partial charge in [0, 0.05) is 12.6 Å². The summed E-state index contributed by atoms with van der Waals surface area (Å²) >= 11 is 1.42. The lowest BCUT2D eigenvalue weighted by Crippen LogP contribution is -1.96. The van der Waals surface area contributed by atoms with Crippen LogP contribution < -0.4 is 0 Å². The van der Waals surface area contributed by atoms with E-state index in [1.807, 2.05) is 6.92 Å². The molecule has 0 saturated carbocycles. The third kappa shape index (κ3) is 3.07. The molecule has 7 heteroatoms. The van der Waals surface area contributed by atoms with Crippen molar-refractivity contribution in [1.82, 2.24) is 15.1 Å². The summed E-state index contributed by atoms with van der Waals surface area (Å²) in [5.74, 6) is 0.760. The summed E-state index contributed by atoms with van der Waals surface area (Å²) in [6.07, 6.45) is 2.07. The van der Waals surface area contributed by atoms with Gasteiger partial charge in [0.2, 0.25) is 5.89 Å². The fourth-order valence-electron chi connectivity index (χ4n) is 1.22. The van der Waals surface area contributed by atoms with E-state index in [1.165, 1.54) is 24.0 Å². The first-order valence-corrected chi connectivity index (χ1v) is 6.31. The first kappa shape index (κ1) is 12.6. The number of hydrogen-bond donors (Lipinski definition) is 1. The van der Waals surface area contributed by atoms with Crippen LogP contribution in [0.5, 0.6) is 0 Å². The lowest BCUT2D eigenvalue weighted by Gasteiger charge is -1.98. The molecule has 0 spiro atoms. The summed E-state index contributed by atoms with van der Waals surface area (Å²) < 4.78 is 5.04. The minimum Gasteiger partial charge on any atom is -0.478 e. The van der Waals surface area contributed by atoms with E-state index in [-0.39, 0.29) is 5.56 Å². The lowest BCUT2D eigenvalue weighted by molar-refractivity contribution is 0.0696. The number of aromatic nitrogens is 3. The predicted octanol–water partition coefficient (Wildman–Crippen LogP) is 2.02. The Bertz CT molecular complexity index is 539. The van der Waals surface area contributed by atoms with Crippen LogP contribution in [0, 0.1) is 0 Å². The molecule has 0 amide bonds. The molecular formula is C11H11N3O3S. The van der Waals surface area contributed by atoms with Crippen molar-refractivity contribution in [2.75, 3.05) is 0 Å². The zero-order chi connectivity index (χ0) is 13.0. The Labute approximate surface area is 107 Å². The maximum atomic E-state index is 10.6. The molecule has 0 atom stereocenters. The fourth-order valence-corrected chi connectivity index (χ4v) is 1.90. The highest BCUT2D eigenvalue weighted by atomic mass is 32.2. The van der Waals surface area contributed by atoms with Crippen LogP contribution in [0.2, 0.25) is 0 Å². The molecule has 2 rings (SSSR count). The van der Waals surface area contributed by atoms with Gasteiger partial charge in [0.1, 0.15) is 0 Å². The van der Waals surface area contributed by atoms with Crippen molar-refractivity contribution in [3.05, 3.63) is 35.6 Å². The summed E-state index contributed by atoms with van der Waals surface area (Å²) in [5, 5.41) is 13.2. The van der Waals surface area contributed by atoms with Gasteiger partial charge in [0.15, 0.2) is 5.82 Å². The van der Waals surface area contributed by atoms with E-state index in [4.69, 9.17) is 9.63 Å². The molecule has 0 fully saturated rings. The van der Waals surface area contributed by atoms with Crippen LogP contribution in [0.1, 0.15) is 29.0 Å². The highest BCUT2D eigenvalue weighted by Crippen LogP contribution is 2.19. The van der Waals surface area contributed by atoms with Crippen LogP contribution >= 0.6 is 11.8 Å². The molecule has 1 N–H and O–H groups in total. The largest absolute Gasteiger partial charge is 0.478 e. The average Bonchev–Trinajstić information content (AvgIpc) is 2.85. The van der Waals surface area contributed by atoms with Crippen LogP contribution in [0.4, 0.5) is 0 Å². The van der Waals surface area contributed by atoms with Crippen LogP contribution in [0.25, 0.3) is 0 Å². The molecule has 0 aliphatic rings. The summed E-state index contributed by atoms with van der Waals surface area (Å²) in [6, 6.07) is 3.17. The second-order valence-electron chi connectivity index (χ2n) is 3.44. The number of carboxylic acid groups (broad SMARTS) is 1. The number of rotatable bonds is 5. The molecule has 0 radical (unpaired) electrons. The molecule has 0 bridgehead atoms. The summed E-state index contributed by atoms with van der Waals surface area (Å²) in [4.78, 5) is 18.9. The van der Waals surface area contributed by atoms with Crippen LogP contribution in [-0.2, 0) is 12.2 Å². The molecule has 0 aromatic carbocycles. The first-order valence-electron chi connectivity index (χ1n) is 5.32. The van der Waals surface area contributed by atoms with Crippen molar-refractivity contribution < 1.29 is 14.4 Å². The van der Waals surface area contributed by atoms with E-state index in [9.17, 15) is 4.79 Å². The van der Waals surface area contributed by atoms with E-state index in [0.29, 0.717) is 17.5 Å². The maximum absolute atomic E-state index is 10.6. The highest BCUT2D eigenvalue weighted by Gasteiger charge is 2.07. The zero-order valence-electron chi connectivity index (χ0n) is 9.66. The van der Waals surface area contributed by atoms with Gasteiger partial charge in [-0.3, -0.25) is 0 Å². The van der Waals surface area contributed by atoms with Crippen molar-refractivity contribution in [1.29, 1.82) is 0 Å². The van der Waals surface area contributed by atoms with Crippen LogP contribution in [0.3, 0.4) is 0 Å². The first-order chi connectivity index (χ1) is 8.69. The molecular weight excluding hydrogens is 254 g/mol. The number of aromatic carboxylic acids is 1. The van der Waals surface area contributed by atoms with Gasteiger partial charge in [-0.1, -0.05) is 23.8 Å². The van der Waals surface area contributed by atoms with Gasteiger partial charge in [-0.05, 0) is 12.1 Å². The Morgan fingerprint density at radius 2 is 2.33 bits per heavy atom. The smallest absolute Gasteiger partial charge is 0.337 e. The molecule has 0 aliphatic carbocycles. The Morgan fingerprint density at radius 3 is 2.89 bits per heavy atom. The number of hydrogen-bond acceptors (Lipinski definition) is 6. The average molecular weight is 265 g/mol. The number of nitrogens with zero attached hydrogens (tertiary/aromatic N) is 3. The monoisotopic (exact) mass is 265 g/mol. The van der Waals surface area contributed by atoms with Gasteiger partial charge in [0.25, 0.3) is 0 Å². The molecule has 2 aromatic heterocycles. The van der Waals surface area contributed by atoms with E-state index in [1.54, 1.807) is 6.07 Å². The van der Waals surface area contributed by atoms with E-state index < -0.39 is 5.97 Å². The van der Waals surface area contributed by atoms with Gasteiger partial charge < -0.3 is 9.63 Å². The van der Waals surface area contributed by atoms with Crippen molar-refractivity contribution in [3.63, 3.8) is 0 Å². The van der Waals surface area contributed by atoms with Crippen LogP contribution in [-0.4, -0.2) is 26.2 Å². The quantitative estimate of drug-likeness (QED) is 0.827. The van der Waals surface area contributed by atoms with E-state index in [0.717, 1.165) is 11.4 Å². The minimum absolute atomic E-state index is 0.172. The van der Waals surface area contributed by atoms with Crippen molar-refractivity contribution in [2.45, 2.75) is 24.1 Å². The molecule has 94 valence electrons. The standard InChI is InChI=1S/C11H11N3O3S/c1-2-8-13-9(17-14-8)6-18-10-4-3-7(5-12-10)11(15)16/h3-5H,2,6H2,1H3,(H,15,16). The fraction of sp³-hybridized carbons (Fsp3) is 0.273. The second kappa shape index (κ2) is 5.63. The van der Waals surface area contributed by atoms with Crippen LogP contribution in [0.15, 0.2) is 27.9 Å². The highest BCUT2D eigenvalue weighted by molar-refractivity contribution is 7.98. The molecule has 0 unspecified atom stereocenters. The third-order valence-corrected chi connectivity index (χ3v) is 3.08. The predicted molar refractivity (Wildman–Crippen MR) is 64.4 cm³/mol. The molecule has 0 aliphatic heterocycles. The molecule has 0 saturated heterocycles. The Hall–Kier alpha value is -1.89. The topological polar surface area (TPSA) is 89.1 Å². The van der Waals surface area contributed by atoms with E-state index >= 15 is 0 Å². The summed E-state index contributed by atoms with van der Waals surface area (Å²) in [6.45, 7) is 1.95. The van der Waals surface area contributed by atoms with Crippen molar-refractivity contribution in [3.8, 4) is 0 Å². The SMILES string of the molecule is CCc1noc(CSc2ccc(C(=O)O)cn2)n1. The normalized spacial score (nSPS) is 10.5. The summed E-state index contributed by atoms with van der Waals surface area (Å²) in [7, 11) is 0. The van der Waals surface area contributed by atoms with Gasteiger partial charge in [-0.25, -0.2) is 9.78 Å². The Morgan fingerprint density at radius 1 is 1.50 bits per heavy atom. The van der Waals surface area contributed by atoms with E-state index in [2.05, 4.69) is 15.1 Å². The van der Waals surface area contributed by atoms with Crippen molar-refractivity contribution in [2.24, 2.45) is 0 Å². The molecule has 18 heavy (non-hydrogen) atoms. The zero-order valence-corrected chi connectivity index (χ0v) is 10.5. The third-order valence-electron chi connectivity index (χ3n) is 2.15. The lowest BCUT2D eigenvalue weighted by atomic mass is 10.3. The molecule has 2 aromatic rings. The molecule has 2 heterocycles. The van der Waals surface area contributed by atoms with Crippen molar-refractivity contribution >= 4 is 17.7 Å². The van der Waals surface area contributed by atoms with Gasteiger partial charge in [-0.15, -0.1) is 0 Å². The Kier molecular flexibility index (Phi) is 3.93. The van der Waals surface area contributed by atoms with Gasteiger partial charge in [0.05, 0.1) is 16.3 Å². The number of carbonyl (C=O) groups is 1. The molecule has 6 nitrogen and oxygen atoms in total. The maximum Gasteiger partial charge on any atom is 0.337 e. The summed E-state index contributed by atoms with van der Waals surface area (Å²) in [5.41, 5.74) is 0.172.